The molecule has 1 unspecified atom stereocenters. The summed E-state index contributed by atoms with van der Waals surface area (Å²) < 4.78 is 0. The standard InChI is InChI=1S/C12H14Cl2N2O/c1-6-4-8(13)15-10(14)9(6)16-11(17)7-5-12(7,2)3/h4,7H,5H2,1-3H3,(H,16,17). The maximum absolute atomic E-state index is 11.9. The van der Waals surface area contributed by atoms with Gasteiger partial charge in [0.2, 0.25) is 5.91 Å². The van der Waals surface area contributed by atoms with E-state index in [-0.39, 0.29) is 22.4 Å². The van der Waals surface area contributed by atoms with Crippen LogP contribution in [0.2, 0.25) is 10.3 Å². The van der Waals surface area contributed by atoms with Crippen LogP contribution in [-0.2, 0) is 4.79 Å². The van der Waals surface area contributed by atoms with Gasteiger partial charge in [0, 0.05) is 5.92 Å². The van der Waals surface area contributed by atoms with Crippen LogP contribution in [0.1, 0.15) is 25.8 Å². The van der Waals surface area contributed by atoms with E-state index in [2.05, 4.69) is 24.1 Å². The summed E-state index contributed by atoms with van der Waals surface area (Å²) >= 11 is 11.7. The molecule has 0 bridgehead atoms. The normalized spacial score (nSPS) is 21.1. The van der Waals surface area contributed by atoms with Crippen molar-refractivity contribution in [2.45, 2.75) is 27.2 Å². The second kappa shape index (κ2) is 4.14. The predicted octanol–water partition coefficient (Wildman–Crippen LogP) is 3.68. The fraction of sp³-hybridized carbons (Fsp3) is 0.500. The molecule has 1 aromatic heterocycles. The van der Waals surface area contributed by atoms with E-state index in [1.54, 1.807) is 6.07 Å². The second-order valence-corrected chi connectivity index (χ2v) is 5.91. The van der Waals surface area contributed by atoms with Gasteiger partial charge in [-0.15, -0.1) is 0 Å². The molecule has 0 spiro atoms. The number of hydrogen-bond acceptors (Lipinski definition) is 2. The van der Waals surface area contributed by atoms with Gasteiger partial charge >= 0.3 is 0 Å². The van der Waals surface area contributed by atoms with Crippen molar-refractivity contribution in [1.29, 1.82) is 0 Å². The van der Waals surface area contributed by atoms with E-state index < -0.39 is 0 Å². The first-order chi connectivity index (χ1) is 7.81. The van der Waals surface area contributed by atoms with Crippen molar-refractivity contribution in [3.8, 4) is 0 Å². The summed E-state index contributed by atoms with van der Waals surface area (Å²) in [6.07, 6.45) is 0.913. The molecule has 0 aliphatic heterocycles. The van der Waals surface area contributed by atoms with Gasteiger partial charge in [-0.1, -0.05) is 37.0 Å². The summed E-state index contributed by atoms with van der Waals surface area (Å²) in [5.74, 6) is 0.0674. The lowest BCUT2D eigenvalue weighted by Gasteiger charge is -2.10. The van der Waals surface area contributed by atoms with Crippen LogP contribution in [-0.4, -0.2) is 10.9 Å². The van der Waals surface area contributed by atoms with Crippen LogP contribution in [0.4, 0.5) is 5.69 Å². The Morgan fingerprint density at radius 2 is 2.12 bits per heavy atom. The number of aryl methyl sites for hydroxylation is 1. The van der Waals surface area contributed by atoms with E-state index in [4.69, 9.17) is 23.2 Å². The Kier molecular flexibility index (Phi) is 3.08. The highest BCUT2D eigenvalue weighted by Gasteiger charge is 2.50. The molecule has 2 rings (SSSR count). The molecule has 0 radical (unpaired) electrons. The minimum atomic E-state index is 0.00382. The number of aromatic nitrogens is 1. The highest BCUT2D eigenvalue weighted by Crippen LogP contribution is 2.52. The van der Waals surface area contributed by atoms with Gasteiger partial charge < -0.3 is 5.32 Å². The number of hydrogen-bond donors (Lipinski definition) is 1. The minimum Gasteiger partial charge on any atom is -0.323 e. The van der Waals surface area contributed by atoms with Gasteiger partial charge in [0.15, 0.2) is 5.15 Å². The molecule has 1 aliphatic rings. The fourth-order valence-electron chi connectivity index (χ4n) is 1.87. The monoisotopic (exact) mass is 272 g/mol. The molecule has 1 saturated carbocycles. The molecule has 5 heteroatoms. The van der Waals surface area contributed by atoms with Crippen LogP contribution >= 0.6 is 23.2 Å². The topological polar surface area (TPSA) is 42.0 Å². The number of amides is 1. The van der Waals surface area contributed by atoms with Crippen molar-refractivity contribution < 1.29 is 4.79 Å². The van der Waals surface area contributed by atoms with Gasteiger partial charge in [0.25, 0.3) is 0 Å². The van der Waals surface area contributed by atoms with Crippen LogP contribution in [0.25, 0.3) is 0 Å². The summed E-state index contributed by atoms with van der Waals surface area (Å²) in [5, 5.41) is 3.40. The zero-order valence-corrected chi connectivity index (χ0v) is 11.5. The Morgan fingerprint density at radius 3 is 2.59 bits per heavy atom. The number of carbonyl (C=O) groups is 1. The summed E-state index contributed by atoms with van der Waals surface area (Å²) in [6, 6.07) is 1.68. The number of carbonyl (C=O) groups excluding carboxylic acids is 1. The van der Waals surface area contributed by atoms with Crippen molar-refractivity contribution in [3.63, 3.8) is 0 Å². The van der Waals surface area contributed by atoms with E-state index in [9.17, 15) is 4.79 Å². The van der Waals surface area contributed by atoms with Crippen molar-refractivity contribution in [2.75, 3.05) is 5.32 Å². The Balaban J connectivity index is 2.17. The smallest absolute Gasteiger partial charge is 0.228 e. The molecule has 1 aliphatic carbocycles. The number of halogens is 2. The van der Waals surface area contributed by atoms with Gasteiger partial charge in [-0.05, 0) is 30.4 Å². The van der Waals surface area contributed by atoms with E-state index in [1.807, 2.05) is 6.92 Å². The number of nitrogens with one attached hydrogen (secondary N) is 1. The van der Waals surface area contributed by atoms with E-state index >= 15 is 0 Å². The molecule has 17 heavy (non-hydrogen) atoms. The molecule has 3 nitrogen and oxygen atoms in total. The average Bonchev–Trinajstić information content (AvgIpc) is 2.81. The molecule has 92 valence electrons. The predicted molar refractivity (Wildman–Crippen MR) is 69.5 cm³/mol. The first kappa shape index (κ1) is 12.7. The van der Waals surface area contributed by atoms with Crippen LogP contribution < -0.4 is 5.32 Å². The third-order valence-electron chi connectivity index (χ3n) is 3.22. The van der Waals surface area contributed by atoms with Gasteiger partial charge in [-0.25, -0.2) is 4.98 Å². The summed E-state index contributed by atoms with van der Waals surface area (Å²) in [4.78, 5) is 15.9. The highest BCUT2D eigenvalue weighted by atomic mass is 35.5. The Bertz CT molecular complexity index is 462. The molecule has 1 aromatic rings. The first-order valence-electron chi connectivity index (χ1n) is 5.45. The Morgan fingerprint density at radius 1 is 1.53 bits per heavy atom. The zero-order chi connectivity index (χ0) is 12.8. The molecule has 1 amide bonds. The van der Waals surface area contributed by atoms with E-state index in [1.165, 1.54) is 0 Å². The summed E-state index contributed by atoms with van der Waals surface area (Å²) in [7, 11) is 0. The largest absolute Gasteiger partial charge is 0.323 e. The highest BCUT2D eigenvalue weighted by molar-refractivity contribution is 6.34. The third-order valence-corrected chi connectivity index (χ3v) is 3.69. The lowest BCUT2D eigenvalue weighted by atomic mass is 10.1. The first-order valence-corrected chi connectivity index (χ1v) is 6.20. The Hall–Kier alpha value is -0.800. The molecule has 1 N–H and O–H groups in total. The minimum absolute atomic E-state index is 0.00382. The molecular weight excluding hydrogens is 259 g/mol. The van der Waals surface area contributed by atoms with Gasteiger partial charge in [-0.3, -0.25) is 4.79 Å². The maximum Gasteiger partial charge on any atom is 0.228 e. The van der Waals surface area contributed by atoms with Crippen molar-refractivity contribution in [2.24, 2.45) is 11.3 Å². The van der Waals surface area contributed by atoms with Crippen LogP contribution in [0.3, 0.4) is 0 Å². The SMILES string of the molecule is Cc1cc(Cl)nc(Cl)c1NC(=O)C1CC1(C)C. The van der Waals surface area contributed by atoms with E-state index in [0.717, 1.165) is 12.0 Å². The van der Waals surface area contributed by atoms with Gasteiger partial charge in [-0.2, -0.15) is 0 Å². The van der Waals surface area contributed by atoms with Crippen LogP contribution in [0, 0.1) is 18.3 Å². The van der Waals surface area contributed by atoms with Crippen molar-refractivity contribution in [1.82, 2.24) is 4.98 Å². The Labute approximate surface area is 111 Å². The van der Waals surface area contributed by atoms with Gasteiger partial charge in [0.05, 0.1) is 5.69 Å². The maximum atomic E-state index is 11.9. The number of anilines is 1. The average molecular weight is 273 g/mol. The second-order valence-electron chi connectivity index (χ2n) is 5.16. The number of nitrogens with zero attached hydrogens (tertiary/aromatic N) is 1. The van der Waals surface area contributed by atoms with E-state index in [0.29, 0.717) is 10.8 Å². The number of pyridine rings is 1. The summed E-state index contributed by atoms with van der Waals surface area (Å²) in [6.45, 7) is 5.99. The van der Waals surface area contributed by atoms with Crippen molar-refractivity contribution >= 4 is 34.8 Å². The van der Waals surface area contributed by atoms with Crippen LogP contribution in [0.5, 0.6) is 0 Å². The molecule has 1 atom stereocenters. The number of rotatable bonds is 2. The third kappa shape index (κ3) is 2.55. The molecule has 0 aromatic carbocycles. The van der Waals surface area contributed by atoms with Crippen molar-refractivity contribution in [3.05, 3.63) is 21.9 Å². The lowest BCUT2D eigenvalue weighted by Crippen LogP contribution is -2.17. The molecule has 1 heterocycles. The lowest BCUT2D eigenvalue weighted by molar-refractivity contribution is -0.118. The summed E-state index contributed by atoms with van der Waals surface area (Å²) in [5.41, 5.74) is 1.48. The van der Waals surface area contributed by atoms with Gasteiger partial charge in [0.1, 0.15) is 5.15 Å². The molecule has 0 saturated heterocycles. The fourth-order valence-corrected chi connectivity index (χ4v) is 2.45. The molecular formula is C12H14Cl2N2O. The molecule has 1 fully saturated rings. The van der Waals surface area contributed by atoms with Crippen LogP contribution in [0.15, 0.2) is 6.07 Å². The zero-order valence-electron chi connectivity index (χ0n) is 9.97. The quantitative estimate of drug-likeness (QED) is 0.835.